The van der Waals surface area contributed by atoms with Crippen LogP contribution in [0.4, 0.5) is 11.4 Å². The molecule has 0 aromatic heterocycles. The number of hydrogen-bond acceptors (Lipinski definition) is 4. The Hall–Kier alpha value is -3.51. The topological polar surface area (TPSA) is 55.9 Å². The van der Waals surface area contributed by atoms with E-state index in [9.17, 15) is 9.59 Å². The fourth-order valence-corrected chi connectivity index (χ4v) is 5.37. The van der Waals surface area contributed by atoms with Crippen LogP contribution in [0.25, 0.3) is 0 Å². The number of benzene rings is 3. The summed E-state index contributed by atoms with van der Waals surface area (Å²) < 4.78 is 0. The lowest BCUT2D eigenvalue weighted by atomic mass is 10.0. The van der Waals surface area contributed by atoms with Gasteiger partial charge in [-0.3, -0.25) is 9.59 Å². The normalized spacial score (nSPS) is 16.5. The molecule has 37 heavy (non-hydrogen) atoms. The van der Waals surface area contributed by atoms with Crippen LogP contribution in [0.5, 0.6) is 0 Å². The van der Waals surface area contributed by atoms with Crippen molar-refractivity contribution in [1.82, 2.24) is 10.2 Å². The van der Waals surface area contributed by atoms with Gasteiger partial charge in [-0.1, -0.05) is 41.4 Å². The summed E-state index contributed by atoms with van der Waals surface area (Å²) in [6, 6.07) is 23.6. The molecule has 0 unspecified atom stereocenters. The molecule has 1 N–H and O–H groups in total. The largest absolute Gasteiger partial charge is 0.371 e. The highest BCUT2D eigenvalue weighted by Crippen LogP contribution is 2.27. The van der Waals surface area contributed by atoms with Crippen LogP contribution < -0.4 is 15.1 Å². The first kappa shape index (κ1) is 25.2. The van der Waals surface area contributed by atoms with Gasteiger partial charge in [0.25, 0.3) is 11.8 Å². The van der Waals surface area contributed by atoms with Crippen LogP contribution in [-0.4, -0.2) is 62.0 Å². The van der Waals surface area contributed by atoms with Crippen molar-refractivity contribution in [2.75, 3.05) is 49.1 Å². The Morgan fingerprint density at radius 2 is 1.51 bits per heavy atom. The fourth-order valence-electron chi connectivity index (χ4n) is 5.24. The Kier molecular flexibility index (Phi) is 7.65. The second-order valence-corrected chi connectivity index (χ2v) is 10.3. The van der Waals surface area contributed by atoms with Crippen LogP contribution in [0, 0.1) is 6.92 Å². The predicted molar refractivity (Wildman–Crippen MR) is 150 cm³/mol. The van der Waals surface area contributed by atoms with E-state index in [4.69, 9.17) is 11.6 Å². The van der Waals surface area contributed by atoms with Crippen molar-refractivity contribution in [3.05, 3.63) is 94.5 Å². The third kappa shape index (κ3) is 5.91. The average molecular weight is 517 g/mol. The number of carbonyl (C=O) groups excluding carboxylic acids is 2. The number of nitrogens with zero attached hydrogens (tertiary/aromatic N) is 3. The van der Waals surface area contributed by atoms with Gasteiger partial charge in [0.1, 0.15) is 0 Å². The molecule has 5 rings (SSSR count). The lowest BCUT2D eigenvalue weighted by Crippen LogP contribution is -2.49. The molecule has 2 aliphatic rings. The molecule has 2 aliphatic heterocycles. The number of amides is 2. The number of piperidine rings is 1. The first-order chi connectivity index (χ1) is 18.0. The number of halogens is 1. The summed E-state index contributed by atoms with van der Waals surface area (Å²) in [6.07, 6.45) is 1.69. The van der Waals surface area contributed by atoms with Crippen molar-refractivity contribution in [3.63, 3.8) is 0 Å². The van der Waals surface area contributed by atoms with E-state index in [1.807, 2.05) is 84.6 Å². The van der Waals surface area contributed by atoms with Crippen LogP contribution in [0.2, 0.25) is 5.02 Å². The minimum Gasteiger partial charge on any atom is -0.371 e. The van der Waals surface area contributed by atoms with Crippen molar-refractivity contribution in [3.8, 4) is 0 Å². The number of hydrogen-bond donors (Lipinski definition) is 1. The standard InChI is InChI=1S/C30H33ClN4O2/c1-22-5-4-6-23(21-22)29(36)32-25-13-15-34(16-14-25)28-8-3-2-7-27(28)30(37)35-19-17-33(18-20-35)26-11-9-24(31)10-12-26/h2-12,21,25H,13-20H2,1H3,(H,32,36). The molecule has 0 aliphatic carbocycles. The number of piperazine rings is 1. The van der Waals surface area contributed by atoms with Gasteiger partial charge in [0, 0.05) is 67.3 Å². The molecule has 3 aromatic carbocycles. The van der Waals surface area contributed by atoms with E-state index in [2.05, 4.69) is 15.1 Å². The second kappa shape index (κ2) is 11.3. The van der Waals surface area contributed by atoms with Gasteiger partial charge in [0.05, 0.1) is 5.56 Å². The lowest BCUT2D eigenvalue weighted by molar-refractivity contribution is 0.0747. The maximum Gasteiger partial charge on any atom is 0.256 e. The molecule has 2 amide bonds. The monoisotopic (exact) mass is 516 g/mol. The summed E-state index contributed by atoms with van der Waals surface area (Å²) in [7, 11) is 0. The minimum absolute atomic E-state index is 0.0181. The molecule has 0 spiro atoms. The molecule has 6 nitrogen and oxygen atoms in total. The Balaban J connectivity index is 1.18. The van der Waals surface area contributed by atoms with Crippen LogP contribution in [-0.2, 0) is 0 Å². The smallest absolute Gasteiger partial charge is 0.256 e. The summed E-state index contributed by atoms with van der Waals surface area (Å²) in [5, 5.41) is 3.92. The fraction of sp³-hybridized carbons (Fsp3) is 0.333. The third-order valence-electron chi connectivity index (χ3n) is 7.34. The SMILES string of the molecule is Cc1cccc(C(=O)NC2CCN(c3ccccc3C(=O)N3CCN(c4ccc(Cl)cc4)CC3)CC2)c1. The maximum absolute atomic E-state index is 13.6. The van der Waals surface area contributed by atoms with Crippen LogP contribution in [0.15, 0.2) is 72.8 Å². The molecule has 0 atom stereocenters. The third-order valence-corrected chi connectivity index (χ3v) is 7.60. The molecule has 2 saturated heterocycles. The number of nitrogens with one attached hydrogen (secondary N) is 1. The van der Waals surface area contributed by atoms with Gasteiger partial charge < -0.3 is 20.0 Å². The highest BCUT2D eigenvalue weighted by molar-refractivity contribution is 6.30. The zero-order chi connectivity index (χ0) is 25.8. The number of anilines is 2. The van der Waals surface area contributed by atoms with E-state index in [-0.39, 0.29) is 17.9 Å². The predicted octanol–water partition coefficient (Wildman–Crippen LogP) is 5.01. The van der Waals surface area contributed by atoms with Crippen molar-refractivity contribution in [1.29, 1.82) is 0 Å². The van der Waals surface area contributed by atoms with Crippen LogP contribution in [0.3, 0.4) is 0 Å². The zero-order valence-corrected chi connectivity index (χ0v) is 22.0. The lowest BCUT2D eigenvalue weighted by Gasteiger charge is -2.38. The summed E-state index contributed by atoms with van der Waals surface area (Å²) >= 11 is 6.03. The molecular weight excluding hydrogens is 484 g/mol. The first-order valence-electron chi connectivity index (χ1n) is 13.0. The number of rotatable bonds is 5. The van der Waals surface area contributed by atoms with Gasteiger partial charge in [-0.25, -0.2) is 0 Å². The summed E-state index contributed by atoms with van der Waals surface area (Å²) in [5.74, 6) is 0.0664. The van der Waals surface area contributed by atoms with Crippen molar-refractivity contribution < 1.29 is 9.59 Å². The van der Waals surface area contributed by atoms with Gasteiger partial charge >= 0.3 is 0 Å². The average Bonchev–Trinajstić information content (AvgIpc) is 2.94. The molecule has 192 valence electrons. The molecule has 2 heterocycles. The number of aryl methyl sites for hydroxylation is 1. The highest BCUT2D eigenvalue weighted by Gasteiger charge is 2.27. The number of carbonyl (C=O) groups is 2. The Labute approximate surface area is 223 Å². The van der Waals surface area contributed by atoms with Gasteiger partial charge in [-0.05, 0) is 68.3 Å². The van der Waals surface area contributed by atoms with Gasteiger partial charge in [0.2, 0.25) is 0 Å². The van der Waals surface area contributed by atoms with Crippen LogP contribution in [0.1, 0.15) is 39.1 Å². The van der Waals surface area contributed by atoms with Crippen molar-refractivity contribution >= 4 is 34.8 Å². The summed E-state index contributed by atoms with van der Waals surface area (Å²) in [6.45, 7) is 6.54. The molecule has 7 heteroatoms. The van der Waals surface area contributed by atoms with Gasteiger partial charge in [-0.2, -0.15) is 0 Å². The molecular formula is C30H33ClN4O2. The minimum atomic E-state index is -0.0181. The second-order valence-electron chi connectivity index (χ2n) is 9.88. The van der Waals surface area contributed by atoms with Gasteiger partial charge in [-0.15, -0.1) is 0 Å². The van der Waals surface area contributed by atoms with E-state index in [1.165, 1.54) is 0 Å². The van der Waals surface area contributed by atoms with E-state index in [0.29, 0.717) is 18.7 Å². The van der Waals surface area contributed by atoms with E-state index >= 15 is 0 Å². The molecule has 0 saturated carbocycles. The van der Waals surface area contributed by atoms with Crippen molar-refractivity contribution in [2.24, 2.45) is 0 Å². The molecule has 3 aromatic rings. The Morgan fingerprint density at radius 1 is 0.811 bits per heavy atom. The molecule has 0 bridgehead atoms. The zero-order valence-electron chi connectivity index (χ0n) is 21.2. The quantitative estimate of drug-likeness (QED) is 0.518. The maximum atomic E-state index is 13.6. The summed E-state index contributed by atoms with van der Waals surface area (Å²) in [4.78, 5) is 32.8. The summed E-state index contributed by atoms with van der Waals surface area (Å²) in [5.41, 5.74) is 4.65. The Morgan fingerprint density at radius 3 is 2.22 bits per heavy atom. The van der Waals surface area contributed by atoms with Crippen molar-refractivity contribution in [2.45, 2.75) is 25.8 Å². The molecule has 0 radical (unpaired) electrons. The Bertz CT molecular complexity index is 1250. The van der Waals surface area contributed by atoms with Crippen LogP contribution >= 0.6 is 11.6 Å². The highest BCUT2D eigenvalue weighted by atomic mass is 35.5. The molecule has 2 fully saturated rings. The van der Waals surface area contributed by atoms with E-state index in [1.54, 1.807) is 0 Å². The van der Waals surface area contributed by atoms with Gasteiger partial charge in [0.15, 0.2) is 0 Å². The first-order valence-corrected chi connectivity index (χ1v) is 13.4. The van der Waals surface area contributed by atoms with E-state index in [0.717, 1.165) is 66.5 Å². The van der Waals surface area contributed by atoms with E-state index < -0.39 is 0 Å². The number of para-hydroxylation sites is 1.